The standard InChI is InChI=1S/C16H24O2/c1-5-6-7-8-16(17)18-15-11-14(12(2)3)10-9-13(15)4/h9-12H,5-8H2,1-4H3. The summed E-state index contributed by atoms with van der Waals surface area (Å²) < 4.78 is 5.44. The lowest BCUT2D eigenvalue weighted by Crippen LogP contribution is -2.08. The number of carbonyl (C=O) groups excluding carboxylic acids is 1. The van der Waals surface area contributed by atoms with Gasteiger partial charge in [-0.3, -0.25) is 4.79 Å². The van der Waals surface area contributed by atoms with Crippen molar-refractivity contribution in [2.24, 2.45) is 0 Å². The molecule has 0 aliphatic rings. The summed E-state index contributed by atoms with van der Waals surface area (Å²) in [5, 5.41) is 0. The summed E-state index contributed by atoms with van der Waals surface area (Å²) in [6.07, 6.45) is 3.63. The number of carbonyl (C=O) groups is 1. The van der Waals surface area contributed by atoms with Gasteiger partial charge in [-0.05, 0) is 36.5 Å². The van der Waals surface area contributed by atoms with Crippen LogP contribution in [-0.4, -0.2) is 5.97 Å². The highest BCUT2D eigenvalue weighted by Gasteiger charge is 2.09. The fourth-order valence-electron chi connectivity index (χ4n) is 1.78. The molecule has 1 rings (SSSR count). The highest BCUT2D eigenvalue weighted by atomic mass is 16.5. The molecule has 0 radical (unpaired) electrons. The second kappa shape index (κ2) is 7.20. The number of unbranched alkanes of at least 4 members (excludes halogenated alkanes) is 2. The maximum absolute atomic E-state index is 11.7. The number of ether oxygens (including phenoxy) is 1. The molecule has 0 unspecified atom stereocenters. The third-order valence-corrected chi connectivity index (χ3v) is 3.09. The highest BCUT2D eigenvalue weighted by Crippen LogP contribution is 2.24. The molecule has 18 heavy (non-hydrogen) atoms. The molecule has 1 aromatic rings. The van der Waals surface area contributed by atoms with Crippen molar-refractivity contribution >= 4 is 5.97 Å². The minimum Gasteiger partial charge on any atom is -0.426 e. The predicted octanol–water partition coefficient (Wildman–Crippen LogP) is 4.60. The Kier molecular flexibility index (Phi) is 5.90. The van der Waals surface area contributed by atoms with Gasteiger partial charge in [-0.2, -0.15) is 0 Å². The molecule has 0 saturated carbocycles. The van der Waals surface area contributed by atoms with Crippen molar-refractivity contribution in [3.05, 3.63) is 29.3 Å². The molecule has 0 spiro atoms. The van der Waals surface area contributed by atoms with Crippen LogP contribution >= 0.6 is 0 Å². The van der Waals surface area contributed by atoms with Crippen molar-refractivity contribution in [2.45, 2.75) is 59.3 Å². The van der Waals surface area contributed by atoms with Crippen LogP contribution in [0.25, 0.3) is 0 Å². The summed E-state index contributed by atoms with van der Waals surface area (Å²) in [5.41, 5.74) is 2.22. The third-order valence-electron chi connectivity index (χ3n) is 3.09. The molecule has 0 aromatic heterocycles. The maximum atomic E-state index is 11.7. The monoisotopic (exact) mass is 248 g/mol. The van der Waals surface area contributed by atoms with Gasteiger partial charge in [0.1, 0.15) is 5.75 Å². The zero-order valence-corrected chi connectivity index (χ0v) is 12.0. The van der Waals surface area contributed by atoms with E-state index in [1.165, 1.54) is 5.56 Å². The zero-order chi connectivity index (χ0) is 13.5. The van der Waals surface area contributed by atoms with E-state index in [1.807, 2.05) is 19.1 Å². The van der Waals surface area contributed by atoms with E-state index in [4.69, 9.17) is 4.74 Å². The Balaban J connectivity index is 2.65. The van der Waals surface area contributed by atoms with Gasteiger partial charge in [-0.25, -0.2) is 0 Å². The maximum Gasteiger partial charge on any atom is 0.311 e. The van der Waals surface area contributed by atoms with Gasteiger partial charge in [0.05, 0.1) is 0 Å². The minimum atomic E-state index is -0.118. The lowest BCUT2D eigenvalue weighted by atomic mass is 10.0. The molecule has 0 aliphatic carbocycles. The van der Waals surface area contributed by atoms with Crippen LogP contribution in [0.5, 0.6) is 5.75 Å². The van der Waals surface area contributed by atoms with E-state index >= 15 is 0 Å². The molecule has 2 nitrogen and oxygen atoms in total. The molecule has 0 amide bonds. The van der Waals surface area contributed by atoms with Crippen LogP contribution < -0.4 is 4.74 Å². The van der Waals surface area contributed by atoms with E-state index in [0.717, 1.165) is 24.8 Å². The zero-order valence-electron chi connectivity index (χ0n) is 12.0. The number of hydrogen-bond acceptors (Lipinski definition) is 2. The van der Waals surface area contributed by atoms with E-state index in [-0.39, 0.29) is 5.97 Å². The SMILES string of the molecule is CCCCCC(=O)Oc1cc(C(C)C)ccc1C. The van der Waals surface area contributed by atoms with Crippen molar-refractivity contribution in [3.63, 3.8) is 0 Å². The van der Waals surface area contributed by atoms with Crippen molar-refractivity contribution in [1.82, 2.24) is 0 Å². The molecule has 0 fully saturated rings. The Morgan fingerprint density at radius 1 is 1.28 bits per heavy atom. The second-order valence-corrected chi connectivity index (χ2v) is 5.11. The quantitative estimate of drug-likeness (QED) is 0.417. The summed E-state index contributed by atoms with van der Waals surface area (Å²) in [6.45, 7) is 8.37. The van der Waals surface area contributed by atoms with Gasteiger partial charge in [0.2, 0.25) is 0 Å². The third kappa shape index (κ3) is 4.52. The molecule has 0 N–H and O–H groups in total. The van der Waals surface area contributed by atoms with Crippen molar-refractivity contribution in [1.29, 1.82) is 0 Å². The first-order chi connectivity index (χ1) is 8.54. The van der Waals surface area contributed by atoms with Crippen LogP contribution in [0.1, 0.15) is 63.5 Å². The predicted molar refractivity (Wildman–Crippen MR) is 75.0 cm³/mol. The van der Waals surface area contributed by atoms with Crippen LogP contribution in [-0.2, 0) is 4.79 Å². The van der Waals surface area contributed by atoms with E-state index < -0.39 is 0 Å². The first-order valence-corrected chi connectivity index (χ1v) is 6.85. The van der Waals surface area contributed by atoms with Crippen LogP contribution in [0.4, 0.5) is 0 Å². The lowest BCUT2D eigenvalue weighted by Gasteiger charge is -2.11. The van der Waals surface area contributed by atoms with E-state index in [2.05, 4.69) is 26.8 Å². The van der Waals surface area contributed by atoms with Crippen LogP contribution in [0.2, 0.25) is 0 Å². The smallest absolute Gasteiger partial charge is 0.311 e. The van der Waals surface area contributed by atoms with E-state index in [0.29, 0.717) is 18.1 Å². The van der Waals surface area contributed by atoms with Gasteiger partial charge >= 0.3 is 5.97 Å². The first-order valence-electron chi connectivity index (χ1n) is 6.85. The number of esters is 1. The molecular weight excluding hydrogens is 224 g/mol. The average molecular weight is 248 g/mol. The van der Waals surface area contributed by atoms with Gasteiger partial charge in [-0.15, -0.1) is 0 Å². The Morgan fingerprint density at radius 2 is 2.00 bits per heavy atom. The molecule has 0 saturated heterocycles. The molecule has 0 bridgehead atoms. The molecular formula is C16H24O2. The fourth-order valence-corrected chi connectivity index (χ4v) is 1.78. The minimum absolute atomic E-state index is 0.118. The van der Waals surface area contributed by atoms with Crippen molar-refractivity contribution in [2.75, 3.05) is 0 Å². The van der Waals surface area contributed by atoms with Gasteiger partial charge < -0.3 is 4.74 Å². The largest absolute Gasteiger partial charge is 0.426 e. The number of rotatable bonds is 6. The van der Waals surface area contributed by atoms with Gasteiger partial charge in [0, 0.05) is 6.42 Å². The first kappa shape index (κ1) is 14.7. The van der Waals surface area contributed by atoms with Crippen LogP contribution in [0, 0.1) is 6.92 Å². The summed E-state index contributed by atoms with van der Waals surface area (Å²) >= 11 is 0. The fraction of sp³-hybridized carbons (Fsp3) is 0.562. The van der Waals surface area contributed by atoms with Crippen LogP contribution in [0.15, 0.2) is 18.2 Å². The Labute approximate surface area is 110 Å². The highest BCUT2D eigenvalue weighted by molar-refractivity contribution is 5.72. The van der Waals surface area contributed by atoms with Crippen molar-refractivity contribution < 1.29 is 9.53 Å². The summed E-state index contributed by atoms with van der Waals surface area (Å²) in [4.78, 5) is 11.7. The van der Waals surface area contributed by atoms with E-state index in [9.17, 15) is 4.79 Å². The van der Waals surface area contributed by atoms with Gasteiger partial charge in [0.25, 0.3) is 0 Å². The summed E-state index contributed by atoms with van der Waals surface area (Å²) in [7, 11) is 0. The molecule has 2 heteroatoms. The van der Waals surface area contributed by atoms with Gasteiger partial charge in [0.15, 0.2) is 0 Å². The molecule has 100 valence electrons. The number of benzene rings is 1. The van der Waals surface area contributed by atoms with Crippen molar-refractivity contribution in [3.8, 4) is 5.75 Å². The Bertz CT molecular complexity index is 394. The average Bonchev–Trinajstić information content (AvgIpc) is 2.32. The van der Waals surface area contributed by atoms with E-state index in [1.54, 1.807) is 0 Å². The van der Waals surface area contributed by atoms with Gasteiger partial charge in [-0.1, -0.05) is 45.7 Å². The number of hydrogen-bond donors (Lipinski definition) is 0. The molecule has 0 aliphatic heterocycles. The summed E-state index contributed by atoms with van der Waals surface area (Å²) in [6, 6.07) is 6.09. The Hall–Kier alpha value is -1.31. The number of aryl methyl sites for hydroxylation is 1. The molecule has 0 atom stereocenters. The summed E-state index contributed by atoms with van der Waals surface area (Å²) in [5.74, 6) is 1.04. The molecule has 0 heterocycles. The molecule has 1 aromatic carbocycles. The lowest BCUT2D eigenvalue weighted by molar-refractivity contribution is -0.134. The van der Waals surface area contributed by atoms with Crippen LogP contribution in [0.3, 0.4) is 0 Å². The Morgan fingerprint density at radius 3 is 2.61 bits per heavy atom. The normalized spacial score (nSPS) is 10.7. The topological polar surface area (TPSA) is 26.3 Å². The second-order valence-electron chi connectivity index (χ2n) is 5.11.